The zero-order chi connectivity index (χ0) is 10.3. The molecule has 0 aromatic carbocycles. The Labute approximate surface area is 77.7 Å². The summed E-state index contributed by atoms with van der Waals surface area (Å²) in [4.78, 5) is 7.70. The van der Waals surface area contributed by atoms with Gasteiger partial charge in [0.15, 0.2) is 5.96 Å². The van der Waals surface area contributed by atoms with Gasteiger partial charge in [0.1, 0.15) is 18.7 Å². The van der Waals surface area contributed by atoms with Crippen molar-refractivity contribution in [2.75, 3.05) is 0 Å². The highest BCUT2D eigenvalue weighted by molar-refractivity contribution is 5.75. The number of guanidine groups is 1. The Morgan fingerprint density at radius 3 is 2.54 bits per heavy atom. The Kier molecular flexibility index (Phi) is 5.25. The van der Waals surface area contributed by atoms with Crippen molar-refractivity contribution in [3.63, 3.8) is 0 Å². The van der Waals surface area contributed by atoms with Crippen molar-refractivity contribution >= 4 is 5.96 Å². The van der Waals surface area contributed by atoms with Crippen LogP contribution in [0, 0.1) is 0 Å². The Bertz CT molecular complexity index is 260. The van der Waals surface area contributed by atoms with Gasteiger partial charge in [0.05, 0.1) is 0 Å². The second-order valence-corrected chi connectivity index (χ2v) is 2.04. The third-order valence-corrected chi connectivity index (χ3v) is 1.21. The van der Waals surface area contributed by atoms with E-state index in [0.717, 1.165) is 5.82 Å². The molecule has 0 aliphatic rings. The van der Waals surface area contributed by atoms with E-state index in [9.17, 15) is 0 Å². The number of rotatable bonds is 2. The molecule has 1 heterocycles. The van der Waals surface area contributed by atoms with Gasteiger partial charge >= 0.3 is 0 Å². The second kappa shape index (κ2) is 5.99. The molecule has 0 aliphatic heterocycles. The average Bonchev–Trinajstić information content (AvgIpc) is 2.51. The summed E-state index contributed by atoms with van der Waals surface area (Å²) in [7, 11) is 1.78. The molecule has 0 saturated carbocycles. The first-order valence-electron chi connectivity index (χ1n) is 4.08. The van der Waals surface area contributed by atoms with Crippen molar-refractivity contribution in [2.45, 2.75) is 20.4 Å². The van der Waals surface area contributed by atoms with E-state index in [1.807, 2.05) is 13.8 Å². The number of aliphatic imine (C=N–C) groups is 1. The lowest BCUT2D eigenvalue weighted by molar-refractivity contribution is 0.702. The molecule has 0 bridgehead atoms. The van der Waals surface area contributed by atoms with Crippen LogP contribution < -0.4 is 11.5 Å². The minimum atomic E-state index is 0.0630. The fourth-order valence-corrected chi connectivity index (χ4v) is 0.625. The number of hydrogen-bond donors (Lipinski definition) is 2. The normalized spacial score (nSPS) is 8.54. The molecule has 0 amide bonds. The minimum absolute atomic E-state index is 0.0630. The number of aromatic nitrogens is 3. The lowest BCUT2D eigenvalue weighted by atomic mass is 10.6. The lowest BCUT2D eigenvalue weighted by Gasteiger charge is -1.94. The summed E-state index contributed by atoms with van der Waals surface area (Å²) in [6.07, 6.45) is 1.46. The maximum Gasteiger partial charge on any atom is 0.186 e. The summed E-state index contributed by atoms with van der Waals surface area (Å²) in [5.74, 6) is 0.798. The van der Waals surface area contributed by atoms with Crippen LogP contribution in [0.15, 0.2) is 11.3 Å². The molecular formula is C7H16N6. The van der Waals surface area contributed by atoms with Gasteiger partial charge in [-0.05, 0) is 0 Å². The molecule has 6 nitrogen and oxygen atoms in total. The first-order valence-corrected chi connectivity index (χ1v) is 4.08. The van der Waals surface area contributed by atoms with Crippen LogP contribution in [0.4, 0.5) is 0 Å². The van der Waals surface area contributed by atoms with Gasteiger partial charge < -0.3 is 11.5 Å². The van der Waals surface area contributed by atoms with Crippen LogP contribution >= 0.6 is 0 Å². The second-order valence-electron chi connectivity index (χ2n) is 2.04. The molecule has 74 valence electrons. The molecule has 1 rings (SSSR count). The van der Waals surface area contributed by atoms with Gasteiger partial charge in [0.25, 0.3) is 0 Å². The van der Waals surface area contributed by atoms with Crippen molar-refractivity contribution in [1.82, 2.24) is 14.8 Å². The van der Waals surface area contributed by atoms with Crippen LogP contribution in [0.3, 0.4) is 0 Å². The Morgan fingerprint density at radius 1 is 1.54 bits per heavy atom. The minimum Gasteiger partial charge on any atom is -0.370 e. The maximum absolute atomic E-state index is 5.13. The Morgan fingerprint density at radius 2 is 2.15 bits per heavy atom. The van der Waals surface area contributed by atoms with Gasteiger partial charge in [-0.2, -0.15) is 5.10 Å². The highest BCUT2D eigenvalue weighted by Crippen LogP contribution is 1.91. The van der Waals surface area contributed by atoms with Crippen molar-refractivity contribution in [2.24, 2.45) is 23.5 Å². The molecule has 13 heavy (non-hydrogen) atoms. The van der Waals surface area contributed by atoms with E-state index in [1.54, 1.807) is 11.7 Å². The molecule has 0 fully saturated rings. The summed E-state index contributed by atoms with van der Waals surface area (Å²) in [5, 5.41) is 3.85. The van der Waals surface area contributed by atoms with E-state index >= 15 is 0 Å². The lowest BCUT2D eigenvalue weighted by Crippen LogP contribution is -2.22. The predicted octanol–water partition coefficient (Wildman–Crippen LogP) is -0.385. The third-order valence-electron chi connectivity index (χ3n) is 1.21. The largest absolute Gasteiger partial charge is 0.370 e. The van der Waals surface area contributed by atoms with Crippen LogP contribution in [-0.2, 0) is 13.6 Å². The van der Waals surface area contributed by atoms with E-state index in [-0.39, 0.29) is 5.96 Å². The van der Waals surface area contributed by atoms with E-state index in [1.165, 1.54) is 6.33 Å². The molecule has 6 heteroatoms. The van der Waals surface area contributed by atoms with E-state index in [0.29, 0.717) is 6.54 Å². The number of nitrogens with two attached hydrogens (primary N) is 2. The van der Waals surface area contributed by atoms with Gasteiger partial charge in [0.2, 0.25) is 0 Å². The van der Waals surface area contributed by atoms with Crippen molar-refractivity contribution in [3.05, 3.63) is 12.2 Å². The molecular weight excluding hydrogens is 168 g/mol. The van der Waals surface area contributed by atoms with Crippen molar-refractivity contribution in [1.29, 1.82) is 0 Å². The van der Waals surface area contributed by atoms with Gasteiger partial charge in [-0.15, -0.1) is 0 Å². The van der Waals surface area contributed by atoms with Gasteiger partial charge in [0, 0.05) is 7.05 Å². The summed E-state index contributed by atoms with van der Waals surface area (Å²) in [6, 6.07) is 0. The Hall–Kier alpha value is -1.59. The van der Waals surface area contributed by atoms with Crippen LogP contribution in [0.5, 0.6) is 0 Å². The molecule has 0 atom stereocenters. The average molecular weight is 184 g/mol. The topological polar surface area (TPSA) is 95.1 Å². The standard InChI is InChI=1S/C5H10N6.C2H6/c1-11-4(9-3-10-11)2-8-5(6)7;1-2/h3H,2H2,1H3,(H4,6,7,8);1-2H3. The Balaban J connectivity index is 0.000000671. The predicted molar refractivity (Wildman–Crippen MR) is 51.9 cm³/mol. The van der Waals surface area contributed by atoms with Crippen molar-refractivity contribution < 1.29 is 0 Å². The summed E-state index contributed by atoms with van der Waals surface area (Å²) < 4.78 is 1.62. The first-order chi connectivity index (χ1) is 6.20. The maximum atomic E-state index is 5.13. The number of hydrogen-bond acceptors (Lipinski definition) is 3. The first kappa shape index (κ1) is 11.4. The van der Waals surface area contributed by atoms with Crippen LogP contribution in [0.2, 0.25) is 0 Å². The van der Waals surface area contributed by atoms with Crippen LogP contribution in [0.25, 0.3) is 0 Å². The fourth-order valence-electron chi connectivity index (χ4n) is 0.625. The van der Waals surface area contributed by atoms with Crippen LogP contribution in [-0.4, -0.2) is 20.7 Å². The van der Waals surface area contributed by atoms with Gasteiger partial charge in [-0.1, -0.05) is 13.8 Å². The molecule has 4 N–H and O–H groups in total. The molecule has 0 saturated heterocycles. The van der Waals surface area contributed by atoms with Crippen LogP contribution in [0.1, 0.15) is 19.7 Å². The SMILES string of the molecule is CC.Cn1ncnc1CN=C(N)N. The highest BCUT2D eigenvalue weighted by atomic mass is 15.3. The molecule has 0 aliphatic carbocycles. The van der Waals surface area contributed by atoms with Gasteiger partial charge in [-0.3, -0.25) is 4.68 Å². The summed E-state index contributed by atoms with van der Waals surface area (Å²) >= 11 is 0. The molecule has 1 aromatic heterocycles. The molecule has 0 radical (unpaired) electrons. The van der Waals surface area contributed by atoms with Gasteiger partial charge in [-0.25, -0.2) is 9.98 Å². The quantitative estimate of drug-likeness (QED) is 0.483. The number of aryl methyl sites for hydroxylation is 1. The fraction of sp³-hybridized carbons (Fsp3) is 0.571. The smallest absolute Gasteiger partial charge is 0.186 e. The summed E-state index contributed by atoms with van der Waals surface area (Å²) in [6.45, 7) is 4.37. The zero-order valence-corrected chi connectivity index (χ0v) is 8.23. The van der Waals surface area contributed by atoms with E-state index < -0.39 is 0 Å². The van der Waals surface area contributed by atoms with E-state index in [2.05, 4.69) is 15.1 Å². The zero-order valence-electron chi connectivity index (χ0n) is 8.23. The molecule has 1 aromatic rings. The molecule has 0 spiro atoms. The summed E-state index contributed by atoms with van der Waals surface area (Å²) in [5.41, 5.74) is 10.3. The van der Waals surface area contributed by atoms with E-state index in [4.69, 9.17) is 11.5 Å². The molecule has 0 unspecified atom stereocenters. The van der Waals surface area contributed by atoms with Crippen molar-refractivity contribution in [3.8, 4) is 0 Å². The number of nitrogens with zero attached hydrogens (tertiary/aromatic N) is 4. The third kappa shape index (κ3) is 4.09. The monoisotopic (exact) mass is 184 g/mol. The highest BCUT2D eigenvalue weighted by Gasteiger charge is 1.96.